The summed E-state index contributed by atoms with van der Waals surface area (Å²) in [5.74, 6) is 0.418. The van der Waals surface area contributed by atoms with Crippen molar-refractivity contribution in [2.24, 2.45) is 0 Å². The van der Waals surface area contributed by atoms with Crippen molar-refractivity contribution in [3.63, 3.8) is 0 Å². The van der Waals surface area contributed by atoms with E-state index in [1.54, 1.807) is 0 Å². The Morgan fingerprint density at radius 1 is 0.463 bits per heavy atom. The Bertz CT molecular complexity index is 475. The second-order valence-corrected chi connectivity index (χ2v) is 12.8. The Morgan fingerprint density at radius 2 is 0.805 bits per heavy atom. The van der Waals surface area contributed by atoms with Crippen molar-refractivity contribution in [1.29, 1.82) is 0 Å². The van der Waals surface area contributed by atoms with E-state index in [1.807, 2.05) is 0 Å². The highest BCUT2D eigenvalue weighted by Crippen LogP contribution is 2.14. The average molecular weight is 581 g/mol. The molecule has 0 aliphatic heterocycles. The maximum Gasteiger partial charge on any atom is 0.222 e. The van der Waals surface area contributed by atoms with Gasteiger partial charge in [-0.3, -0.25) is 4.79 Å². The number of carbonyl (C=O) groups excluding carboxylic acids is 1. The number of aliphatic hydroxyl groups is 1. The van der Waals surface area contributed by atoms with Crippen molar-refractivity contribution in [2.75, 3.05) is 32.8 Å². The molecule has 0 saturated heterocycles. The van der Waals surface area contributed by atoms with Gasteiger partial charge in [0.05, 0.1) is 0 Å². The zero-order chi connectivity index (χ0) is 29.9. The lowest BCUT2D eigenvalue weighted by molar-refractivity contribution is -0.131. The average Bonchev–Trinajstić information content (AvgIpc) is 2.98. The molecular formula is C37H76N2O2. The fraction of sp³-hybridized carbons (Fsp3) is 0.973. The summed E-state index contributed by atoms with van der Waals surface area (Å²) < 4.78 is 0. The molecule has 0 heterocycles. The molecule has 41 heavy (non-hydrogen) atoms. The predicted molar refractivity (Wildman–Crippen MR) is 182 cm³/mol. The normalized spacial score (nSPS) is 11.4. The molecule has 0 aromatic heterocycles. The molecule has 0 saturated carbocycles. The van der Waals surface area contributed by atoms with Gasteiger partial charge in [-0.1, -0.05) is 149 Å². The van der Waals surface area contributed by atoms with Gasteiger partial charge in [-0.05, 0) is 58.0 Å². The second-order valence-electron chi connectivity index (χ2n) is 12.8. The molecule has 0 fully saturated rings. The van der Waals surface area contributed by atoms with Crippen LogP contribution in [0.5, 0.6) is 0 Å². The van der Waals surface area contributed by atoms with Crippen LogP contribution in [0.4, 0.5) is 0 Å². The fourth-order valence-electron chi connectivity index (χ4n) is 5.82. The molecule has 4 nitrogen and oxygen atoms in total. The van der Waals surface area contributed by atoms with E-state index >= 15 is 0 Å². The zero-order valence-electron chi connectivity index (χ0n) is 28.3. The van der Waals surface area contributed by atoms with E-state index in [1.165, 1.54) is 154 Å². The minimum absolute atomic E-state index is 0.318. The van der Waals surface area contributed by atoms with Gasteiger partial charge in [0.25, 0.3) is 0 Å². The summed E-state index contributed by atoms with van der Waals surface area (Å²) in [6, 6.07) is 0. The summed E-state index contributed by atoms with van der Waals surface area (Å²) in [6.07, 6.45) is 37.0. The molecule has 0 aromatic rings. The monoisotopic (exact) mass is 581 g/mol. The number of aliphatic hydroxyl groups excluding tert-OH is 1. The van der Waals surface area contributed by atoms with E-state index in [2.05, 4.69) is 24.1 Å². The van der Waals surface area contributed by atoms with Gasteiger partial charge in [-0.2, -0.15) is 0 Å². The van der Waals surface area contributed by atoms with Gasteiger partial charge in [-0.15, -0.1) is 0 Å². The van der Waals surface area contributed by atoms with Gasteiger partial charge in [-0.25, -0.2) is 0 Å². The van der Waals surface area contributed by atoms with Gasteiger partial charge in [0.15, 0.2) is 0 Å². The Morgan fingerprint density at radius 3 is 1.22 bits per heavy atom. The fourth-order valence-corrected chi connectivity index (χ4v) is 5.82. The van der Waals surface area contributed by atoms with E-state index in [-0.39, 0.29) is 0 Å². The summed E-state index contributed by atoms with van der Waals surface area (Å²) in [5.41, 5.74) is 0. The van der Waals surface area contributed by atoms with E-state index in [4.69, 9.17) is 5.11 Å². The van der Waals surface area contributed by atoms with Crippen LogP contribution >= 0.6 is 0 Å². The summed E-state index contributed by atoms with van der Waals surface area (Å²) in [6.45, 7) is 9.03. The molecule has 4 heteroatoms. The lowest BCUT2D eigenvalue weighted by atomic mass is 10.1. The van der Waals surface area contributed by atoms with Gasteiger partial charge in [0, 0.05) is 26.1 Å². The van der Waals surface area contributed by atoms with Crippen LogP contribution < -0.4 is 5.32 Å². The molecule has 0 atom stereocenters. The number of rotatable bonds is 35. The van der Waals surface area contributed by atoms with Gasteiger partial charge >= 0.3 is 0 Å². The summed E-state index contributed by atoms with van der Waals surface area (Å²) in [4.78, 5) is 15.3. The van der Waals surface area contributed by atoms with Crippen molar-refractivity contribution < 1.29 is 9.90 Å². The lowest BCUT2D eigenvalue weighted by Crippen LogP contribution is -2.32. The van der Waals surface area contributed by atoms with Gasteiger partial charge < -0.3 is 15.3 Å². The van der Waals surface area contributed by atoms with Crippen LogP contribution in [-0.2, 0) is 4.79 Å². The number of nitrogens with zero attached hydrogens (tertiary/aromatic N) is 1. The topological polar surface area (TPSA) is 52.6 Å². The van der Waals surface area contributed by atoms with E-state index < -0.39 is 0 Å². The first-order valence-corrected chi connectivity index (χ1v) is 18.9. The van der Waals surface area contributed by atoms with E-state index in [9.17, 15) is 4.79 Å². The maximum absolute atomic E-state index is 13.1. The molecule has 0 unspecified atom stereocenters. The first-order chi connectivity index (χ1) is 20.3. The summed E-state index contributed by atoms with van der Waals surface area (Å²) >= 11 is 0. The minimum atomic E-state index is 0.318. The summed E-state index contributed by atoms with van der Waals surface area (Å²) in [5, 5.41) is 12.3. The van der Waals surface area contributed by atoms with Crippen LogP contribution in [0.1, 0.15) is 200 Å². The number of amides is 1. The third-order valence-electron chi connectivity index (χ3n) is 8.67. The van der Waals surface area contributed by atoms with Crippen molar-refractivity contribution in [3.05, 3.63) is 0 Å². The molecule has 0 rings (SSSR count). The molecular weight excluding hydrogens is 504 g/mol. The van der Waals surface area contributed by atoms with Crippen molar-refractivity contribution in [3.8, 4) is 0 Å². The Hall–Kier alpha value is -0.610. The highest BCUT2D eigenvalue weighted by molar-refractivity contribution is 5.76. The molecule has 0 aromatic carbocycles. The summed E-state index contributed by atoms with van der Waals surface area (Å²) in [7, 11) is 0. The molecule has 246 valence electrons. The second kappa shape index (κ2) is 35.6. The molecule has 1 amide bonds. The smallest absolute Gasteiger partial charge is 0.222 e. The van der Waals surface area contributed by atoms with E-state index in [0.717, 1.165) is 58.3 Å². The van der Waals surface area contributed by atoms with E-state index in [0.29, 0.717) is 12.5 Å². The van der Waals surface area contributed by atoms with Gasteiger partial charge in [0.2, 0.25) is 5.91 Å². The predicted octanol–water partition coefficient (Wildman–Crippen LogP) is 10.7. The molecule has 0 bridgehead atoms. The van der Waals surface area contributed by atoms with Crippen LogP contribution in [0.3, 0.4) is 0 Å². The van der Waals surface area contributed by atoms with Crippen LogP contribution in [0.25, 0.3) is 0 Å². The van der Waals surface area contributed by atoms with Gasteiger partial charge in [0.1, 0.15) is 0 Å². The van der Waals surface area contributed by atoms with Crippen LogP contribution in [0.15, 0.2) is 0 Å². The Balaban J connectivity index is 4.04. The quantitative estimate of drug-likeness (QED) is 0.0733. The third-order valence-corrected chi connectivity index (χ3v) is 8.67. The number of unbranched alkanes of at least 4 members (excludes halogenated alkanes) is 24. The largest absolute Gasteiger partial charge is 0.396 e. The SMILES string of the molecule is CCCCCCCCCCCCN(CCCCCCCCCCCC)C(=O)CCCCCCCNCCCCCO. The zero-order valence-corrected chi connectivity index (χ0v) is 28.3. The van der Waals surface area contributed by atoms with Crippen LogP contribution in [0.2, 0.25) is 0 Å². The molecule has 0 spiro atoms. The molecule has 0 aliphatic carbocycles. The number of nitrogens with one attached hydrogen (secondary N) is 1. The van der Waals surface area contributed by atoms with Crippen molar-refractivity contribution in [1.82, 2.24) is 10.2 Å². The van der Waals surface area contributed by atoms with Crippen LogP contribution in [-0.4, -0.2) is 48.7 Å². The maximum atomic E-state index is 13.1. The highest BCUT2D eigenvalue weighted by atomic mass is 16.2. The standard InChI is InChI=1S/C37H76N2O2/c1-3-5-7-9-11-13-15-17-22-28-34-39(35-29-23-18-16-14-12-10-8-6-4-2)37(41)31-25-20-19-21-26-32-38-33-27-24-30-36-40/h38,40H,3-36H2,1-2H3. The Kier molecular flexibility index (Phi) is 35.1. The van der Waals surface area contributed by atoms with Crippen molar-refractivity contribution in [2.45, 2.75) is 200 Å². The molecule has 0 radical (unpaired) electrons. The highest BCUT2D eigenvalue weighted by Gasteiger charge is 2.12. The Labute approximate surface area is 258 Å². The van der Waals surface area contributed by atoms with Crippen LogP contribution in [0, 0.1) is 0 Å². The number of hydrogen-bond acceptors (Lipinski definition) is 3. The minimum Gasteiger partial charge on any atom is -0.396 e. The third kappa shape index (κ3) is 32.1. The molecule has 0 aliphatic rings. The first-order valence-electron chi connectivity index (χ1n) is 18.9. The molecule has 2 N–H and O–H groups in total. The van der Waals surface area contributed by atoms with Crippen molar-refractivity contribution >= 4 is 5.91 Å². The lowest BCUT2D eigenvalue weighted by Gasteiger charge is -2.23. The number of hydrogen-bond donors (Lipinski definition) is 2. The first kappa shape index (κ1) is 40.4. The number of carbonyl (C=O) groups is 1.